The third-order valence-corrected chi connectivity index (χ3v) is 0.980. The van der Waals surface area contributed by atoms with Crippen LogP contribution in [-0.4, -0.2) is 37.8 Å². The number of phosphoric acid groups is 1. The summed E-state index contributed by atoms with van der Waals surface area (Å²) in [4.78, 5) is 42.4. The smallest absolute Gasteiger partial charge is 0.466 e. The van der Waals surface area contributed by atoms with Crippen LogP contribution in [-0.2, 0) is 18.9 Å². The van der Waals surface area contributed by atoms with Gasteiger partial charge in [0.05, 0.1) is 0 Å². The van der Waals surface area contributed by atoms with Crippen molar-refractivity contribution in [3.05, 3.63) is 12.2 Å². The van der Waals surface area contributed by atoms with E-state index in [1.54, 1.807) is 0 Å². The lowest BCUT2D eigenvalue weighted by Gasteiger charge is -2.07. The van der Waals surface area contributed by atoms with Crippen molar-refractivity contribution >= 4 is 19.8 Å². The van der Waals surface area contributed by atoms with Crippen molar-refractivity contribution in [1.82, 2.24) is 0 Å². The van der Waals surface area contributed by atoms with Gasteiger partial charge in [-0.05, 0) is 13.8 Å². The number of esters is 1. The van der Waals surface area contributed by atoms with E-state index in [4.69, 9.17) is 24.4 Å². The topological polar surface area (TPSA) is 141 Å². The van der Waals surface area contributed by atoms with E-state index in [1.807, 2.05) is 0 Å². The monoisotopic (exact) mass is 256 g/mol. The lowest BCUT2D eigenvalue weighted by atomic mass is 10.3. The SMILES string of the molecule is C=C(C)C(=O)OC(C)C(=O)O.O=P(O)(O)O. The number of carbonyl (C=O) groups excluding carboxylic acids is 1. The maximum Gasteiger partial charge on any atom is 0.466 e. The van der Waals surface area contributed by atoms with Crippen LogP contribution in [0, 0.1) is 0 Å². The quantitative estimate of drug-likeness (QED) is 0.305. The first-order valence-corrected chi connectivity index (χ1v) is 5.39. The molecule has 94 valence electrons. The molecule has 0 radical (unpaired) electrons. The van der Waals surface area contributed by atoms with Crippen molar-refractivity contribution in [2.75, 3.05) is 0 Å². The number of carboxylic acid groups (broad SMARTS) is 1. The van der Waals surface area contributed by atoms with Crippen LogP contribution in [0.25, 0.3) is 0 Å². The number of carboxylic acids is 1. The Morgan fingerprint density at radius 3 is 1.81 bits per heavy atom. The Kier molecular flexibility index (Phi) is 7.66. The van der Waals surface area contributed by atoms with Crippen LogP contribution in [0.5, 0.6) is 0 Å². The van der Waals surface area contributed by atoms with E-state index in [2.05, 4.69) is 11.3 Å². The molecule has 0 aromatic carbocycles. The van der Waals surface area contributed by atoms with Gasteiger partial charge < -0.3 is 24.5 Å². The molecule has 0 saturated carbocycles. The van der Waals surface area contributed by atoms with Gasteiger partial charge >= 0.3 is 19.8 Å². The molecule has 0 heterocycles. The first-order valence-electron chi connectivity index (χ1n) is 3.82. The van der Waals surface area contributed by atoms with Gasteiger partial charge in [-0.25, -0.2) is 14.2 Å². The molecule has 0 aliphatic rings. The van der Waals surface area contributed by atoms with Crippen molar-refractivity contribution in [1.29, 1.82) is 0 Å². The average Bonchev–Trinajstić information content (AvgIpc) is 2.00. The largest absolute Gasteiger partial charge is 0.479 e. The lowest BCUT2D eigenvalue weighted by Crippen LogP contribution is -2.23. The van der Waals surface area contributed by atoms with Crippen LogP contribution in [0.3, 0.4) is 0 Å². The van der Waals surface area contributed by atoms with Gasteiger partial charge in [0.15, 0.2) is 6.10 Å². The molecule has 8 nitrogen and oxygen atoms in total. The van der Waals surface area contributed by atoms with Crippen LogP contribution in [0.1, 0.15) is 13.8 Å². The summed E-state index contributed by atoms with van der Waals surface area (Å²) in [5.41, 5.74) is 0.193. The summed E-state index contributed by atoms with van der Waals surface area (Å²) in [6.07, 6.45) is -1.11. The summed E-state index contributed by atoms with van der Waals surface area (Å²) < 4.78 is 13.3. The molecule has 9 heteroatoms. The standard InChI is InChI=1S/C7H10O4.H3O4P/c1-4(2)7(10)11-5(3)6(8)9;1-5(2,3)4/h5H,1H2,2-3H3,(H,8,9);(H3,1,2,3,4). The highest BCUT2D eigenvalue weighted by Crippen LogP contribution is 2.25. The summed E-state index contributed by atoms with van der Waals surface area (Å²) >= 11 is 0. The van der Waals surface area contributed by atoms with Crippen molar-refractivity contribution in [2.24, 2.45) is 0 Å². The molecule has 0 aliphatic carbocycles. The van der Waals surface area contributed by atoms with Crippen molar-refractivity contribution in [3.63, 3.8) is 0 Å². The number of ether oxygens (including phenoxy) is 1. The summed E-state index contributed by atoms with van der Waals surface area (Å²) in [7, 11) is -4.64. The Morgan fingerprint density at radius 1 is 1.31 bits per heavy atom. The van der Waals surface area contributed by atoms with Gasteiger partial charge in [-0.15, -0.1) is 0 Å². The fourth-order valence-electron chi connectivity index (χ4n) is 0.312. The molecule has 1 unspecified atom stereocenters. The minimum absolute atomic E-state index is 0.193. The highest BCUT2D eigenvalue weighted by Gasteiger charge is 2.15. The second-order valence-corrected chi connectivity index (χ2v) is 3.71. The molecule has 0 aromatic heterocycles. The van der Waals surface area contributed by atoms with E-state index in [-0.39, 0.29) is 5.57 Å². The predicted molar refractivity (Wildman–Crippen MR) is 52.3 cm³/mol. The molecule has 4 N–H and O–H groups in total. The van der Waals surface area contributed by atoms with Crippen molar-refractivity contribution in [2.45, 2.75) is 20.0 Å². The second-order valence-electron chi connectivity index (χ2n) is 2.68. The zero-order chi connectivity index (χ0) is 13.5. The van der Waals surface area contributed by atoms with Crippen LogP contribution >= 0.6 is 7.82 Å². The van der Waals surface area contributed by atoms with Crippen LogP contribution in [0.4, 0.5) is 0 Å². The van der Waals surface area contributed by atoms with E-state index >= 15 is 0 Å². The number of rotatable bonds is 3. The molecule has 1 atom stereocenters. The van der Waals surface area contributed by atoms with Crippen LogP contribution < -0.4 is 0 Å². The van der Waals surface area contributed by atoms with Gasteiger partial charge in [0, 0.05) is 5.57 Å². The Hall–Kier alpha value is -1.21. The van der Waals surface area contributed by atoms with E-state index in [9.17, 15) is 9.59 Å². The van der Waals surface area contributed by atoms with Gasteiger partial charge in [0.25, 0.3) is 0 Å². The van der Waals surface area contributed by atoms with E-state index in [0.29, 0.717) is 0 Å². The second kappa shape index (κ2) is 7.13. The molecule has 16 heavy (non-hydrogen) atoms. The Labute approximate surface area is 91.4 Å². The molecule has 0 bridgehead atoms. The summed E-state index contributed by atoms with van der Waals surface area (Å²) in [6, 6.07) is 0. The molecular weight excluding hydrogens is 243 g/mol. The average molecular weight is 256 g/mol. The van der Waals surface area contributed by atoms with E-state index in [0.717, 1.165) is 0 Å². The molecule has 0 amide bonds. The normalized spacial score (nSPS) is 11.8. The van der Waals surface area contributed by atoms with Gasteiger partial charge in [0.1, 0.15) is 0 Å². The number of hydrogen-bond donors (Lipinski definition) is 4. The number of aliphatic carboxylic acids is 1. The number of hydrogen-bond acceptors (Lipinski definition) is 4. The van der Waals surface area contributed by atoms with Crippen LogP contribution in [0.2, 0.25) is 0 Å². The van der Waals surface area contributed by atoms with E-state index < -0.39 is 25.9 Å². The Bertz CT molecular complexity index is 308. The molecular formula is C7H13O8P. The summed E-state index contributed by atoms with van der Waals surface area (Å²) in [6.45, 7) is 6.04. The van der Waals surface area contributed by atoms with Crippen molar-refractivity contribution < 1.29 is 38.7 Å². The van der Waals surface area contributed by atoms with Gasteiger partial charge in [-0.3, -0.25) is 0 Å². The Morgan fingerprint density at radius 2 is 1.62 bits per heavy atom. The molecule has 0 aliphatic heterocycles. The number of carbonyl (C=O) groups is 2. The third kappa shape index (κ3) is 15.3. The molecule has 0 aromatic rings. The summed E-state index contributed by atoms with van der Waals surface area (Å²) in [5, 5.41) is 8.31. The van der Waals surface area contributed by atoms with Crippen LogP contribution in [0.15, 0.2) is 12.2 Å². The zero-order valence-electron chi connectivity index (χ0n) is 8.65. The molecule has 0 fully saturated rings. The molecule has 0 rings (SSSR count). The highest BCUT2D eigenvalue weighted by molar-refractivity contribution is 7.45. The minimum atomic E-state index is -4.64. The first-order chi connectivity index (χ1) is 6.95. The maximum absolute atomic E-state index is 10.7. The highest BCUT2D eigenvalue weighted by atomic mass is 31.2. The van der Waals surface area contributed by atoms with Gasteiger partial charge in [0.2, 0.25) is 0 Å². The summed E-state index contributed by atoms with van der Waals surface area (Å²) in [5.74, 6) is -1.85. The van der Waals surface area contributed by atoms with Gasteiger partial charge in [-0.1, -0.05) is 6.58 Å². The van der Waals surface area contributed by atoms with Crippen molar-refractivity contribution in [3.8, 4) is 0 Å². The molecule has 0 saturated heterocycles. The fraction of sp³-hybridized carbons (Fsp3) is 0.429. The van der Waals surface area contributed by atoms with Gasteiger partial charge in [-0.2, -0.15) is 0 Å². The molecule has 0 spiro atoms. The maximum atomic E-state index is 10.7. The predicted octanol–water partition coefficient (Wildman–Crippen LogP) is -0.350. The van der Waals surface area contributed by atoms with E-state index in [1.165, 1.54) is 13.8 Å². The third-order valence-electron chi connectivity index (χ3n) is 0.980. The zero-order valence-corrected chi connectivity index (χ0v) is 9.55. The Balaban J connectivity index is 0. The minimum Gasteiger partial charge on any atom is -0.479 e. The fourth-order valence-corrected chi connectivity index (χ4v) is 0.312. The lowest BCUT2D eigenvalue weighted by molar-refractivity contribution is -0.159. The first kappa shape index (κ1) is 17.2.